The van der Waals surface area contributed by atoms with Crippen LogP contribution in [-0.2, 0) is 6.42 Å². The van der Waals surface area contributed by atoms with Gasteiger partial charge in [0.1, 0.15) is 11.9 Å². The first-order valence-electron chi connectivity index (χ1n) is 6.54. The van der Waals surface area contributed by atoms with E-state index in [2.05, 4.69) is 0 Å². The number of rotatable bonds is 2. The number of halogens is 2. The molecule has 2 aromatic rings. The van der Waals surface area contributed by atoms with Crippen molar-refractivity contribution in [1.29, 1.82) is 0 Å². The Morgan fingerprint density at radius 1 is 1.10 bits per heavy atom. The molecular weight excluding hydrogens is 260 g/mol. The summed E-state index contributed by atoms with van der Waals surface area (Å²) >= 11 is 0. The highest BCUT2D eigenvalue weighted by atomic mass is 19.2. The summed E-state index contributed by atoms with van der Waals surface area (Å²) in [6, 6.07) is 9.00. The van der Waals surface area contributed by atoms with E-state index < -0.39 is 17.7 Å². The SMILES string of the molecule is CC1Cc2cc(C(N)c3ccc(F)c(F)c3)ccc2O1. The standard InChI is InChI=1S/C16H15F2NO/c1-9-6-12-7-10(3-5-15(12)20-9)16(19)11-2-4-13(17)14(18)8-11/h2-5,7-9,16H,6,19H2,1H3. The first-order valence-corrected chi connectivity index (χ1v) is 6.54. The third kappa shape index (κ3) is 2.27. The fourth-order valence-corrected chi connectivity index (χ4v) is 2.53. The van der Waals surface area contributed by atoms with Gasteiger partial charge in [-0.25, -0.2) is 8.78 Å². The van der Waals surface area contributed by atoms with Gasteiger partial charge in [0.15, 0.2) is 11.6 Å². The van der Waals surface area contributed by atoms with Crippen LogP contribution < -0.4 is 10.5 Å². The van der Waals surface area contributed by atoms with Gasteiger partial charge in [-0.15, -0.1) is 0 Å². The highest BCUT2D eigenvalue weighted by Crippen LogP contribution is 2.32. The van der Waals surface area contributed by atoms with Crippen LogP contribution in [-0.4, -0.2) is 6.10 Å². The van der Waals surface area contributed by atoms with E-state index in [4.69, 9.17) is 10.5 Å². The Kier molecular flexibility index (Phi) is 3.18. The van der Waals surface area contributed by atoms with E-state index >= 15 is 0 Å². The first-order chi connectivity index (χ1) is 9.54. The molecule has 0 saturated carbocycles. The molecule has 2 N–H and O–H groups in total. The molecule has 3 rings (SSSR count). The first kappa shape index (κ1) is 13.1. The number of hydrogen-bond acceptors (Lipinski definition) is 2. The molecule has 0 saturated heterocycles. The summed E-state index contributed by atoms with van der Waals surface area (Å²) < 4.78 is 31.9. The van der Waals surface area contributed by atoms with Gasteiger partial charge in [-0.1, -0.05) is 18.2 Å². The Morgan fingerprint density at radius 2 is 1.80 bits per heavy atom. The smallest absolute Gasteiger partial charge is 0.159 e. The second-order valence-corrected chi connectivity index (χ2v) is 5.15. The Bertz CT molecular complexity index is 657. The Labute approximate surface area is 116 Å². The molecule has 2 nitrogen and oxygen atoms in total. The molecule has 0 amide bonds. The summed E-state index contributed by atoms with van der Waals surface area (Å²) in [6.07, 6.45) is 1.01. The average Bonchev–Trinajstić information content (AvgIpc) is 2.80. The van der Waals surface area contributed by atoms with Gasteiger partial charge in [-0.3, -0.25) is 0 Å². The molecule has 0 spiro atoms. The minimum Gasteiger partial charge on any atom is -0.490 e. The second-order valence-electron chi connectivity index (χ2n) is 5.15. The Balaban J connectivity index is 1.93. The van der Waals surface area contributed by atoms with Crippen LogP contribution in [0, 0.1) is 11.6 Å². The molecule has 0 radical (unpaired) electrons. The van der Waals surface area contributed by atoms with Crippen molar-refractivity contribution in [2.75, 3.05) is 0 Å². The van der Waals surface area contributed by atoms with E-state index in [1.54, 1.807) is 0 Å². The van der Waals surface area contributed by atoms with Gasteiger partial charge in [0.2, 0.25) is 0 Å². The van der Waals surface area contributed by atoms with Gasteiger partial charge >= 0.3 is 0 Å². The van der Waals surface area contributed by atoms with Crippen LogP contribution in [0.15, 0.2) is 36.4 Å². The average molecular weight is 275 g/mol. The van der Waals surface area contributed by atoms with E-state index in [1.165, 1.54) is 6.07 Å². The third-order valence-corrected chi connectivity index (χ3v) is 3.58. The van der Waals surface area contributed by atoms with Crippen molar-refractivity contribution < 1.29 is 13.5 Å². The zero-order chi connectivity index (χ0) is 14.3. The number of fused-ring (bicyclic) bond motifs is 1. The van der Waals surface area contributed by atoms with Gasteiger partial charge in [0.25, 0.3) is 0 Å². The zero-order valence-electron chi connectivity index (χ0n) is 11.1. The van der Waals surface area contributed by atoms with Gasteiger partial charge < -0.3 is 10.5 Å². The van der Waals surface area contributed by atoms with Crippen LogP contribution in [0.1, 0.15) is 29.7 Å². The Hall–Kier alpha value is -1.94. The number of benzene rings is 2. The molecule has 0 bridgehead atoms. The van der Waals surface area contributed by atoms with E-state index in [0.29, 0.717) is 5.56 Å². The summed E-state index contributed by atoms with van der Waals surface area (Å²) in [6.45, 7) is 2.01. The van der Waals surface area contributed by atoms with Gasteiger partial charge in [-0.2, -0.15) is 0 Å². The van der Waals surface area contributed by atoms with E-state index in [9.17, 15) is 8.78 Å². The lowest BCUT2D eigenvalue weighted by Gasteiger charge is -2.14. The van der Waals surface area contributed by atoms with Gasteiger partial charge in [0, 0.05) is 6.42 Å². The lowest BCUT2D eigenvalue weighted by atomic mass is 9.97. The fraction of sp³-hybridized carbons (Fsp3) is 0.250. The van der Waals surface area contributed by atoms with Gasteiger partial charge in [0.05, 0.1) is 6.04 Å². The maximum absolute atomic E-state index is 13.3. The molecule has 2 unspecified atom stereocenters. The quantitative estimate of drug-likeness (QED) is 0.912. The van der Waals surface area contributed by atoms with Crippen LogP contribution in [0.25, 0.3) is 0 Å². The van der Waals surface area contributed by atoms with Crippen molar-refractivity contribution in [3.05, 3.63) is 64.7 Å². The monoisotopic (exact) mass is 275 g/mol. The van der Waals surface area contributed by atoms with Gasteiger partial charge in [-0.05, 0) is 41.8 Å². The largest absolute Gasteiger partial charge is 0.490 e. The van der Waals surface area contributed by atoms with E-state index in [0.717, 1.165) is 35.4 Å². The minimum absolute atomic E-state index is 0.166. The van der Waals surface area contributed by atoms with Crippen LogP contribution in [0.4, 0.5) is 8.78 Å². The van der Waals surface area contributed by atoms with Crippen molar-refractivity contribution in [3.8, 4) is 5.75 Å². The molecule has 0 aliphatic carbocycles. The number of ether oxygens (including phenoxy) is 1. The summed E-state index contributed by atoms with van der Waals surface area (Å²) in [5.74, 6) is -0.869. The zero-order valence-corrected chi connectivity index (χ0v) is 11.1. The van der Waals surface area contributed by atoms with Crippen LogP contribution >= 0.6 is 0 Å². The molecular formula is C16H15F2NO. The summed E-state index contributed by atoms with van der Waals surface area (Å²) in [4.78, 5) is 0. The van der Waals surface area contributed by atoms with Crippen molar-refractivity contribution in [1.82, 2.24) is 0 Å². The molecule has 4 heteroatoms. The molecule has 1 heterocycles. The summed E-state index contributed by atoms with van der Waals surface area (Å²) in [5.41, 5.74) is 8.66. The predicted molar refractivity (Wildman–Crippen MR) is 72.6 cm³/mol. The lowest BCUT2D eigenvalue weighted by Crippen LogP contribution is -2.12. The minimum atomic E-state index is -0.879. The molecule has 1 aliphatic heterocycles. The molecule has 0 aromatic heterocycles. The van der Waals surface area contributed by atoms with Crippen molar-refractivity contribution >= 4 is 0 Å². The van der Waals surface area contributed by atoms with Crippen LogP contribution in [0.5, 0.6) is 5.75 Å². The third-order valence-electron chi connectivity index (χ3n) is 3.58. The predicted octanol–water partition coefficient (Wildman–Crippen LogP) is 3.34. The maximum atomic E-state index is 13.3. The van der Waals surface area contributed by atoms with E-state index in [1.807, 2.05) is 25.1 Å². The van der Waals surface area contributed by atoms with Crippen LogP contribution in [0.3, 0.4) is 0 Å². The van der Waals surface area contributed by atoms with Crippen molar-refractivity contribution in [2.45, 2.75) is 25.5 Å². The normalized spacial score (nSPS) is 18.5. The van der Waals surface area contributed by atoms with E-state index in [-0.39, 0.29) is 6.10 Å². The van der Waals surface area contributed by atoms with Crippen molar-refractivity contribution in [2.24, 2.45) is 5.73 Å². The number of hydrogen-bond donors (Lipinski definition) is 1. The van der Waals surface area contributed by atoms with Crippen LogP contribution in [0.2, 0.25) is 0 Å². The number of nitrogens with two attached hydrogens (primary N) is 1. The summed E-state index contributed by atoms with van der Waals surface area (Å²) in [7, 11) is 0. The molecule has 104 valence electrons. The summed E-state index contributed by atoms with van der Waals surface area (Å²) in [5, 5.41) is 0. The fourth-order valence-electron chi connectivity index (χ4n) is 2.53. The molecule has 1 aliphatic rings. The molecule has 2 aromatic carbocycles. The molecule has 0 fully saturated rings. The lowest BCUT2D eigenvalue weighted by molar-refractivity contribution is 0.254. The maximum Gasteiger partial charge on any atom is 0.159 e. The highest BCUT2D eigenvalue weighted by Gasteiger charge is 2.21. The molecule has 20 heavy (non-hydrogen) atoms. The topological polar surface area (TPSA) is 35.2 Å². The highest BCUT2D eigenvalue weighted by molar-refractivity contribution is 5.43. The second kappa shape index (κ2) is 4.87. The Morgan fingerprint density at radius 3 is 2.55 bits per heavy atom. The molecule has 2 atom stereocenters. The van der Waals surface area contributed by atoms with Crippen molar-refractivity contribution in [3.63, 3.8) is 0 Å².